The average Bonchev–Trinajstić information content (AvgIpc) is 2.37. The number of aromatic nitrogens is 1. The maximum Gasteiger partial charge on any atom is 0.325 e. The number of rotatable bonds is 6. The lowest BCUT2D eigenvalue weighted by atomic mass is 10.3. The van der Waals surface area contributed by atoms with Crippen LogP contribution >= 0.6 is 0 Å². The molecule has 0 saturated carbocycles. The highest BCUT2D eigenvalue weighted by atomic mass is 16.6. The lowest BCUT2D eigenvalue weighted by Gasteiger charge is -2.21. The number of hydrogen-bond donors (Lipinski definition) is 1. The van der Waals surface area contributed by atoms with Gasteiger partial charge in [-0.2, -0.15) is 0 Å². The molecule has 0 unspecified atom stereocenters. The molecule has 0 radical (unpaired) electrons. The van der Waals surface area contributed by atoms with Crippen LogP contribution in [0.4, 0.5) is 17.3 Å². The van der Waals surface area contributed by atoms with Crippen molar-refractivity contribution in [1.29, 1.82) is 0 Å². The number of carbonyl (C=O) groups excluding carboxylic acids is 1. The summed E-state index contributed by atoms with van der Waals surface area (Å²) in [5.41, 5.74) is 5.27. The lowest BCUT2D eigenvalue weighted by Crippen LogP contribution is -2.32. The van der Waals surface area contributed by atoms with Crippen LogP contribution in [0.2, 0.25) is 0 Å². The molecule has 19 heavy (non-hydrogen) atoms. The Labute approximate surface area is 110 Å². The summed E-state index contributed by atoms with van der Waals surface area (Å²) in [6.45, 7) is 2.53. The molecule has 104 valence electrons. The van der Waals surface area contributed by atoms with E-state index in [4.69, 9.17) is 5.73 Å². The summed E-state index contributed by atoms with van der Waals surface area (Å²) in [6, 6.07) is 2.74. The molecule has 0 saturated heterocycles. The number of hydrogen-bond acceptors (Lipinski definition) is 7. The molecule has 8 nitrogen and oxygen atoms in total. The fraction of sp³-hybridized carbons (Fsp3) is 0.455. The first-order valence-corrected chi connectivity index (χ1v) is 5.72. The third kappa shape index (κ3) is 3.80. The van der Waals surface area contributed by atoms with Crippen LogP contribution in [0.15, 0.2) is 12.1 Å². The molecular formula is C11H16N4O4. The molecule has 0 aromatic carbocycles. The van der Waals surface area contributed by atoms with E-state index >= 15 is 0 Å². The Balaban J connectivity index is 2.99. The van der Waals surface area contributed by atoms with E-state index in [-0.39, 0.29) is 18.1 Å². The minimum Gasteiger partial charge on any atom is -0.468 e. The van der Waals surface area contributed by atoms with Crippen LogP contribution in [0.25, 0.3) is 0 Å². The van der Waals surface area contributed by atoms with E-state index in [0.717, 1.165) is 6.42 Å². The number of carbonyl (C=O) groups is 1. The third-order valence-electron chi connectivity index (χ3n) is 2.45. The Morgan fingerprint density at radius 2 is 2.26 bits per heavy atom. The smallest absolute Gasteiger partial charge is 0.325 e. The third-order valence-corrected chi connectivity index (χ3v) is 2.45. The Bertz CT molecular complexity index is 478. The second-order valence-corrected chi connectivity index (χ2v) is 3.83. The molecule has 0 aliphatic rings. The average molecular weight is 268 g/mol. The second-order valence-electron chi connectivity index (χ2n) is 3.83. The van der Waals surface area contributed by atoms with Crippen molar-refractivity contribution in [2.75, 3.05) is 30.8 Å². The molecular weight excluding hydrogens is 252 g/mol. The minimum atomic E-state index is -0.601. The van der Waals surface area contributed by atoms with Gasteiger partial charge in [0.15, 0.2) is 0 Å². The predicted octanol–water partition coefficient (Wildman–Crippen LogP) is 0.961. The molecule has 0 amide bonds. The van der Waals surface area contributed by atoms with Crippen LogP contribution in [-0.4, -0.2) is 36.1 Å². The number of nitrogens with zero attached hydrogens (tertiary/aromatic N) is 3. The first-order valence-electron chi connectivity index (χ1n) is 5.72. The van der Waals surface area contributed by atoms with Gasteiger partial charge in [-0.05, 0) is 12.5 Å². The van der Waals surface area contributed by atoms with Crippen LogP contribution in [0.1, 0.15) is 13.3 Å². The maximum atomic E-state index is 11.3. The summed E-state index contributed by atoms with van der Waals surface area (Å²) >= 11 is 0. The topological polar surface area (TPSA) is 112 Å². The number of nitro groups is 1. The Kier molecular flexibility index (Phi) is 5.04. The quantitative estimate of drug-likeness (QED) is 0.464. The van der Waals surface area contributed by atoms with Gasteiger partial charge in [-0.15, -0.1) is 0 Å². The number of nitrogen functional groups attached to an aromatic ring is 1. The van der Waals surface area contributed by atoms with Crippen molar-refractivity contribution in [1.82, 2.24) is 4.98 Å². The van der Waals surface area contributed by atoms with Gasteiger partial charge in [-0.3, -0.25) is 14.9 Å². The van der Waals surface area contributed by atoms with Gasteiger partial charge < -0.3 is 15.4 Å². The van der Waals surface area contributed by atoms with Crippen molar-refractivity contribution in [2.24, 2.45) is 0 Å². The zero-order valence-corrected chi connectivity index (χ0v) is 10.8. The van der Waals surface area contributed by atoms with E-state index in [1.54, 1.807) is 4.90 Å². The highest BCUT2D eigenvalue weighted by Gasteiger charge is 2.17. The molecule has 1 aromatic rings. The summed E-state index contributed by atoms with van der Waals surface area (Å²) in [7, 11) is 1.30. The van der Waals surface area contributed by atoms with Crippen molar-refractivity contribution in [3.05, 3.63) is 22.2 Å². The SMILES string of the molecule is CCCN(CC(=O)OC)c1ccc([N+](=O)[O-])c(N)n1. The molecule has 2 N–H and O–H groups in total. The van der Waals surface area contributed by atoms with Crippen LogP contribution in [0.3, 0.4) is 0 Å². The highest BCUT2D eigenvalue weighted by Crippen LogP contribution is 2.23. The molecule has 0 atom stereocenters. The molecule has 0 fully saturated rings. The number of methoxy groups -OCH3 is 1. The largest absolute Gasteiger partial charge is 0.468 e. The highest BCUT2D eigenvalue weighted by molar-refractivity contribution is 5.75. The van der Waals surface area contributed by atoms with Gasteiger partial charge in [0.1, 0.15) is 12.4 Å². The standard InChI is InChI=1S/C11H16N4O4/c1-3-6-14(7-10(16)19-2)9-5-4-8(15(17)18)11(12)13-9/h4-5H,3,6-7H2,1-2H3,(H2,12,13). The zero-order chi connectivity index (χ0) is 14.4. The number of esters is 1. The number of pyridine rings is 1. The molecule has 0 aliphatic carbocycles. The van der Waals surface area contributed by atoms with Crippen molar-refractivity contribution >= 4 is 23.3 Å². The molecule has 1 aromatic heterocycles. The molecule has 0 spiro atoms. The summed E-state index contributed by atoms with van der Waals surface area (Å²) < 4.78 is 4.59. The Hall–Kier alpha value is -2.38. The van der Waals surface area contributed by atoms with Crippen molar-refractivity contribution in [3.8, 4) is 0 Å². The second kappa shape index (κ2) is 6.53. The van der Waals surface area contributed by atoms with E-state index < -0.39 is 10.9 Å². The maximum absolute atomic E-state index is 11.3. The fourth-order valence-corrected chi connectivity index (χ4v) is 1.55. The molecule has 1 rings (SSSR count). The Morgan fingerprint density at radius 3 is 2.74 bits per heavy atom. The molecule has 0 bridgehead atoms. The summed E-state index contributed by atoms with van der Waals surface area (Å²) in [5.74, 6) is -0.170. The lowest BCUT2D eigenvalue weighted by molar-refractivity contribution is -0.384. The first kappa shape index (κ1) is 14.7. The first-order chi connectivity index (χ1) is 8.99. The van der Waals surface area contributed by atoms with Crippen molar-refractivity contribution < 1.29 is 14.5 Å². The van der Waals surface area contributed by atoms with Crippen molar-refractivity contribution in [3.63, 3.8) is 0 Å². The monoisotopic (exact) mass is 268 g/mol. The predicted molar refractivity (Wildman–Crippen MR) is 69.8 cm³/mol. The Morgan fingerprint density at radius 1 is 1.58 bits per heavy atom. The van der Waals surface area contributed by atoms with Gasteiger partial charge in [-0.1, -0.05) is 6.92 Å². The van der Waals surface area contributed by atoms with Gasteiger partial charge in [0.05, 0.1) is 12.0 Å². The van der Waals surface area contributed by atoms with E-state index in [0.29, 0.717) is 12.4 Å². The van der Waals surface area contributed by atoms with Crippen LogP contribution in [0.5, 0.6) is 0 Å². The molecule has 1 heterocycles. The van der Waals surface area contributed by atoms with Gasteiger partial charge in [-0.25, -0.2) is 4.98 Å². The number of nitrogens with two attached hydrogens (primary N) is 1. The number of ether oxygens (including phenoxy) is 1. The molecule has 8 heteroatoms. The fourth-order valence-electron chi connectivity index (χ4n) is 1.55. The van der Waals surface area contributed by atoms with Crippen molar-refractivity contribution in [2.45, 2.75) is 13.3 Å². The normalized spacial score (nSPS) is 10.0. The van der Waals surface area contributed by atoms with E-state index in [2.05, 4.69) is 9.72 Å². The van der Waals surface area contributed by atoms with Crippen LogP contribution in [-0.2, 0) is 9.53 Å². The minimum absolute atomic E-state index is 0.0224. The van der Waals surface area contributed by atoms with Crippen LogP contribution < -0.4 is 10.6 Å². The van der Waals surface area contributed by atoms with E-state index in [1.165, 1.54) is 19.2 Å². The summed E-state index contributed by atoms with van der Waals surface area (Å²) in [6.07, 6.45) is 0.787. The van der Waals surface area contributed by atoms with E-state index in [1.807, 2.05) is 6.92 Å². The molecule has 0 aliphatic heterocycles. The number of anilines is 2. The van der Waals surface area contributed by atoms with E-state index in [9.17, 15) is 14.9 Å². The summed E-state index contributed by atoms with van der Waals surface area (Å²) in [5, 5.41) is 10.7. The van der Waals surface area contributed by atoms with Gasteiger partial charge in [0.2, 0.25) is 5.82 Å². The van der Waals surface area contributed by atoms with Gasteiger partial charge >= 0.3 is 11.7 Å². The summed E-state index contributed by atoms with van der Waals surface area (Å²) in [4.78, 5) is 27.0. The zero-order valence-electron chi connectivity index (χ0n) is 10.8. The van der Waals surface area contributed by atoms with Gasteiger partial charge in [0, 0.05) is 12.6 Å². The van der Waals surface area contributed by atoms with Gasteiger partial charge in [0.25, 0.3) is 0 Å². The van der Waals surface area contributed by atoms with Crippen LogP contribution in [0, 0.1) is 10.1 Å².